The number of hydrogen-bond donors (Lipinski definition) is 1. The summed E-state index contributed by atoms with van der Waals surface area (Å²) in [6.07, 6.45) is 0. The van der Waals surface area contributed by atoms with Crippen molar-refractivity contribution in [2.75, 3.05) is 13.1 Å². The first-order valence-corrected chi connectivity index (χ1v) is 4.26. The number of halogens is 6. The van der Waals surface area contributed by atoms with Crippen molar-refractivity contribution >= 4 is 12.4 Å². The Labute approximate surface area is 94.1 Å². The van der Waals surface area contributed by atoms with E-state index in [2.05, 4.69) is 5.32 Å². The van der Waals surface area contributed by atoms with Crippen molar-refractivity contribution < 1.29 is 22.0 Å². The van der Waals surface area contributed by atoms with Crippen LogP contribution in [0.4, 0.5) is 22.0 Å². The van der Waals surface area contributed by atoms with E-state index in [1.54, 1.807) is 0 Å². The molecule has 0 bridgehead atoms. The van der Waals surface area contributed by atoms with Crippen LogP contribution in [0.15, 0.2) is 0 Å². The van der Waals surface area contributed by atoms with Crippen LogP contribution in [0.25, 0.3) is 0 Å². The van der Waals surface area contributed by atoms with Crippen molar-refractivity contribution in [3.63, 3.8) is 0 Å². The standard InChI is InChI=1S/C9H6F5N.ClH/c10-5-4(3-1-15-2-3)6(11)8(13)9(14)7(5)12;/h3,15H,1-2H2;1H. The average Bonchev–Trinajstić information content (AvgIpc) is 2.15. The lowest BCUT2D eigenvalue weighted by Gasteiger charge is -2.28. The molecule has 0 aliphatic carbocycles. The second-order valence-electron chi connectivity index (χ2n) is 3.34. The maximum atomic E-state index is 13.1. The molecule has 1 aliphatic heterocycles. The van der Waals surface area contributed by atoms with Crippen LogP contribution in [-0.2, 0) is 0 Å². The summed E-state index contributed by atoms with van der Waals surface area (Å²) in [5.74, 6) is -9.96. The quantitative estimate of drug-likeness (QED) is 0.464. The third-order valence-electron chi connectivity index (χ3n) is 2.43. The highest BCUT2D eigenvalue weighted by Crippen LogP contribution is 2.30. The Hall–Kier alpha value is -0.880. The summed E-state index contributed by atoms with van der Waals surface area (Å²) in [5, 5.41) is 2.70. The van der Waals surface area contributed by atoms with Crippen LogP contribution in [0.5, 0.6) is 0 Å². The van der Waals surface area contributed by atoms with Crippen molar-refractivity contribution in [1.82, 2.24) is 5.32 Å². The summed E-state index contributed by atoms with van der Waals surface area (Å²) in [6.45, 7) is 0.441. The maximum Gasteiger partial charge on any atom is 0.200 e. The highest BCUT2D eigenvalue weighted by atomic mass is 35.5. The topological polar surface area (TPSA) is 12.0 Å². The Morgan fingerprint density at radius 3 is 1.44 bits per heavy atom. The summed E-state index contributed by atoms with van der Waals surface area (Å²) < 4.78 is 64.4. The minimum Gasteiger partial charge on any atom is -0.315 e. The number of nitrogens with one attached hydrogen (secondary N) is 1. The molecule has 1 fully saturated rings. The molecule has 0 unspecified atom stereocenters. The van der Waals surface area contributed by atoms with Crippen LogP contribution in [0.2, 0.25) is 0 Å². The Bertz CT molecular complexity index is 390. The highest BCUT2D eigenvalue weighted by Gasteiger charge is 2.32. The van der Waals surface area contributed by atoms with Gasteiger partial charge in [0.1, 0.15) is 0 Å². The van der Waals surface area contributed by atoms with E-state index in [0.29, 0.717) is 0 Å². The molecule has 0 radical (unpaired) electrons. The number of benzene rings is 1. The molecule has 7 heteroatoms. The molecule has 1 aliphatic rings. The fourth-order valence-electron chi connectivity index (χ4n) is 1.47. The van der Waals surface area contributed by atoms with Crippen LogP contribution >= 0.6 is 12.4 Å². The normalized spacial score (nSPS) is 15.6. The zero-order valence-corrected chi connectivity index (χ0v) is 8.61. The van der Waals surface area contributed by atoms with Gasteiger partial charge in [-0.3, -0.25) is 0 Å². The minimum atomic E-state index is -2.11. The predicted octanol–water partition coefficient (Wildman–Crippen LogP) is 2.49. The Kier molecular flexibility index (Phi) is 3.75. The van der Waals surface area contributed by atoms with Crippen LogP contribution < -0.4 is 5.32 Å². The molecule has 0 amide bonds. The summed E-state index contributed by atoms with van der Waals surface area (Å²) in [5.41, 5.74) is -0.717. The average molecular weight is 260 g/mol. The van der Waals surface area contributed by atoms with E-state index in [0.717, 1.165) is 0 Å². The molecule has 0 saturated carbocycles. The van der Waals surface area contributed by atoms with Gasteiger partial charge in [-0.25, -0.2) is 22.0 Å². The molecule has 16 heavy (non-hydrogen) atoms. The van der Waals surface area contributed by atoms with Gasteiger partial charge in [-0.15, -0.1) is 12.4 Å². The number of hydrogen-bond acceptors (Lipinski definition) is 1. The van der Waals surface area contributed by atoms with Gasteiger partial charge < -0.3 is 5.32 Å². The fraction of sp³-hybridized carbons (Fsp3) is 0.333. The summed E-state index contributed by atoms with van der Waals surface area (Å²) in [4.78, 5) is 0. The van der Waals surface area contributed by atoms with Crippen LogP contribution in [0.3, 0.4) is 0 Å². The molecule has 1 aromatic carbocycles. The van der Waals surface area contributed by atoms with Gasteiger partial charge in [0.05, 0.1) is 0 Å². The lowest BCUT2D eigenvalue weighted by atomic mass is 9.92. The molecule has 1 N–H and O–H groups in total. The Morgan fingerprint density at radius 2 is 1.12 bits per heavy atom. The van der Waals surface area contributed by atoms with Crippen LogP contribution in [0.1, 0.15) is 11.5 Å². The van der Waals surface area contributed by atoms with E-state index in [1.807, 2.05) is 0 Å². The zero-order chi connectivity index (χ0) is 11.2. The summed E-state index contributed by atoms with van der Waals surface area (Å²) in [6, 6.07) is 0. The first-order chi connectivity index (χ1) is 7.04. The van der Waals surface area contributed by atoms with E-state index in [9.17, 15) is 22.0 Å². The second kappa shape index (κ2) is 4.55. The summed E-state index contributed by atoms with van der Waals surface area (Å²) >= 11 is 0. The van der Waals surface area contributed by atoms with E-state index in [1.165, 1.54) is 0 Å². The van der Waals surface area contributed by atoms with Crippen molar-refractivity contribution in [2.24, 2.45) is 0 Å². The molecule has 0 atom stereocenters. The molecular formula is C9H7ClF5N. The van der Waals surface area contributed by atoms with Crippen LogP contribution in [0, 0.1) is 29.1 Å². The highest BCUT2D eigenvalue weighted by molar-refractivity contribution is 5.85. The molecule has 1 nitrogen and oxygen atoms in total. The molecule has 0 spiro atoms. The van der Waals surface area contributed by atoms with Gasteiger partial charge in [0.15, 0.2) is 23.3 Å². The lowest BCUT2D eigenvalue weighted by molar-refractivity contribution is 0.344. The van der Waals surface area contributed by atoms with Gasteiger partial charge in [0, 0.05) is 24.6 Å². The Morgan fingerprint density at radius 1 is 0.750 bits per heavy atom. The molecule has 1 heterocycles. The van der Waals surface area contributed by atoms with Gasteiger partial charge in [-0.2, -0.15) is 0 Å². The van der Waals surface area contributed by atoms with Gasteiger partial charge >= 0.3 is 0 Å². The monoisotopic (exact) mass is 259 g/mol. The largest absolute Gasteiger partial charge is 0.315 e. The van der Waals surface area contributed by atoms with Gasteiger partial charge in [0.2, 0.25) is 5.82 Å². The predicted molar refractivity (Wildman–Crippen MR) is 49.1 cm³/mol. The molecule has 1 aromatic rings. The second-order valence-corrected chi connectivity index (χ2v) is 3.34. The van der Waals surface area contributed by atoms with Crippen LogP contribution in [-0.4, -0.2) is 13.1 Å². The first kappa shape index (κ1) is 13.2. The van der Waals surface area contributed by atoms with Gasteiger partial charge in [-0.05, 0) is 0 Å². The van der Waals surface area contributed by atoms with Crippen molar-refractivity contribution in [2.45, 2.75) is 5.92 Å². The fourth-order valence-corrected chi connectivity index (χ4v) is 1.47. The SMILES string of the molecule is Cl.Fc1c(F)c(F)c(C2CNC2)c(F)c1F. The molecule has 1 saturated heterocycles. The summed E-state index contributed by atoms with van der Waals surface area (Å²) in [7, 11) is 0. The van der Waals surface area contributed by atoms with E-state index >= 15 is 0 Å². The van der Waals surface area contributed by atoms with Gasteiger partial charge in [0.25, 0.3) is 0 Å². The lowest BCUT2D eigenvalue weighted by Crippen LogP contribution is -2.41. The molecule has 90 valence electrons. The van der Waals surface area contributed by atoms with E-state index < -0.39 is 40.6 Å². The Balaban J connectivity index is 0.00000128. The third-order valence-corrected chi connectivity index (χ3v) is 2.43. The van der Waals surface area contributed by atoms with Crippen molar-refractivity contribution in [1.29, 1.82) is 0 Å². The van der Waals surface area contributed by atoms with E-state index in [-0.39, 0.29) is 25.5 Å². The smallest absolute Gasteiger partial charge is 0.200 e. The minimum absolute atomic E-state index is 0. The van der Waals surface area contributed by atoms with E-state index in [4.69, 9.17) is 0 Å². The number of rotatable bonds is 1. The third kappa shape index (κ3) is 1.76. The van der Waals surface area contributed by atoms with Gasteiger partial charge in [-0.1, -0.05) is 0 Å². The molecular weight excluding hydrogens is 253 g/mol. The first-order valence-electron chi connectivity index (χ1n) is 4.26. The molecule has 2 rings (SSSR count). The van der Waals surface area contributed by atoms with Crippen molar-refractivity contribution in [3.05, 3.63) is 34.6 Å². The van der Waals surface area contributed by atoms with Crippen molar-refractivity contribution in [3.8, 4) is 0 Å². The maximum absolute atomic E-state index is 13.1. The zero-order valence-electron chi connectivity index (χ0n) is 7.79. The molecule has 0 aromatic heterocycles.